The van der Waals surface area contributed by atoms with E-state index in [4.69, 9.17) is 10.8 Å². The van der Waals surface area contributed by atoms with Crippen LogP contribution in [0.3, 0.4) is 0 Å². The number of nitrogens with two attached hydrogens (primary N) is 1. The van der Waals surface area contributed by atoms with E-state index >= 15 is 4.39 Å². The van der Waals surface area contributed by atoms with Crippen LogP contribution in [0.15, 0.2) is 61.4 Å². The van der Waals surface area contributed by atoms with E-state index in [2.05, 4.69) is 16.5 Å². The maximum atomic E-state index is 15.1. The van der Waals surface area contributed by atoms with Crippen molar-refractivity contribution in [3.05, 3.63) is 84.2 Å². The maximum absolute atomic E-state index is 15.1. The van der Waals surface area contributed by atoms with Gasteiger partial charge in [-0.25, -0.2) is 23.4 Å². The summed E-state index contributed by atoms with van der Waals surface area (Å²) in [6.45, 7) is 4.60. The topological polar surface area (TPSA) is 107 Å². The summed E-state index contributed by atoms with van der Waals surface area (Å²) in [5.41, 5.74) is 7.24. The van der Waals surface area contributed by atoms with Crippen molar-refractivity contribution in [3.63, 3.8) is 0 Å². The highest BCUT2D eigenvalue weighted by Crippen LogP contribution is 2.34. The first-order valence-corrected chi connectivity index (χ1v) is 11.4. The van der Waals surface area contributed by atoms with Crippen molar-refractivity contribution in [1.82, 2.24) is 24.6 Å². The second-order valence-corrected chi connectivity index (χ2v) is 8.57. The van der Waals surface area contributed by atoms with Gasteiger partial charge in [-0.1, -0.05) is 24.8 Å². The molecule has 0 aliphatic carbocycles. The number of aromatic nitrogens is 4. The fourth-order valence-corrected chi connectivity index (χ4v) is 4.57. The van der Waals surface area contributed by atoms with Gasteiger partial charge in [-0.2, -0.15) is 5.10 Å². The fourth-order valence-electron chi connectivity index (χ4n) is 4.57. The summed E-state index contributed by atoms with van der Waals surface area (Å²) in [6.07, 6.45) is 4.14. The Balaban J connectivity index is 1.56. The van der Waals surface area contributed by atoms with Crippen LogP contribution in [0.5, 0.6) is 0 Å². The quantitative estimate of drug-likeness (QED) is 0.337. The van der Waals surface area contributed by atoms with Gasteiger partial charge in [0.1, 0.15) is 29.5 Å². The molecule has 0 spiro atoms. The molecule has 0 radical (unpaired) electrons. The van der Waals surface area contributed by atoms with E-state index in [1.165, 1.54) is 42.7 Å². The van der Waals surface area contributed by atoms with Gasteiger partial charge in [0.05, 0.1) is 17.0 Å². The molecule has 1 aliphatic heterocycles. The number of benzene rings is 2. The monoisotopic (exact) mass is 488 g/mol. The van der Waals surface area contributed by atoms with Crippen LogP contribution < -0.4 is 5.73 Å². The summed E-state index contributed by atoms with van der Waals surface area (Å²) < 4.78 is 30.4. The van der Waals surface area contributed by atoms with Crippen molar-refractivity contribution in [2.24, 2.45) is 0 Å². The molecule has 4 aromatic rings. The third-order valence-corrected chi connectivity index (χ3v) is 6.32. The maximum Gasteiger partial charge on any atom is 0.246 e. The van der Waals surface area contributed by atoms with Crippen LogP contribution in [0.25, 0.3) is 22.3 Å². The van der Waals surface area contributed by atoms with Gasteiger partial charge in [0.2, 0.25) is 5.91 Å². The minimum absolute atomic E-state index is 0.0462. The van der Waals surface area contributed by atoms with E-state index in [0.717, 1.165) is 18.9 Å². The number of amides is 1. The average Bonchev–Trinajstić information content (AvgIpc) is 3.29. The highest BCUT2D eigenvalue weighted by molar-refractivity contribution is 6.09. The third kappa shape index (κ3) is 4.10. The molecule has 182 valence electrons. The predicted molar refractivity (Wildman–Crippen MR) is 130 cm³/mol. The summed E-state index contributed by atoms with van der Waals surface area (Å²) >= 11 is 0. The number of hydrogen-bond acceptors (Lipinski definition) is 6. The number of halogens is 2. The number of likely N-dealkylation sites (tertiary alicyclic amines) is 1. The Morgan fingerprint density at radius 3 is 2.72 bits per heavy atom. The van der Waals surface area contributed by atoms with Crippen LogP contribution in [0.2, 0.25) is 0 Å². The number of ketones is 1. The first-order valence-electron chi connectivity index (χ1n) is 11.4. The molecule has 2 aromatic carbocycles. The SMILES string of the molecule is C=CC(=O)N1CCCC(n2nc(-c3ccc(C(=O)c4cccc(F)c4)c(F)c3)c3c(N)ncnc32)C1. The zero-order chi connectivity index (χ0) is 25.4. The van der Waals surface area contributed by atoms with Crippen LogP contribution in [0.4, 0.5) is 14.6 Å². The van der Waals surface area contributed by atoms with E-state index < -0.39 is 17.4 Å². The second-order valence-electron chi connectivity index (χ2n) is 8.57. The third-order valence-electron chi connectivity index (χ3n) is 6.32. The molecule has 1 atom stereocenters. The van der Waals surface area contributed by atoms with Crippen molar-refractivity contribution in [2.45, 2.75) is 18.9 Å². The number of anilines is 1. The number of fused-ring (bicyclic) bond motifs is 1. The summed E-state index contributed by atoms with van der Waals surface area (Å²) in [7, 11) is 0. The summed E-state index contributed by atoms with van der Waals surface area (Å²) in [4.78, 5) is 35.1. The number of nitrogens with zero attached hydrogens (tertiary/aromatic N) is 5. The van der Waals surface area contributed by atoms with Gasteiger partial charge in [0.25, 0.3) is 0 Å². The zero-order valence-corrected chi connectivity index (χ0v) is 19.2. The van der Waals surface area contributed by atoms with E-state index in [0.29, 0.717) is 35.4 Å². The largest absolute Gasteiger partial charge is 0.383 e. The lowest BCUT2D eigenvalue weighted by molar-refractivity contribution is -0.127. The van der Waals surface area contributed by atoms with E-state index in [1.54, 1.807) is 15.6 Å². The van der Waals surface area contributed by atoms with Gasteiger partial charge in [0, 0.05) is 24.2 Å². The minimum Gasteiger partial charge on any atom is -0.383 e. The van der Waals surface area contributed by atoms with Gasteiger partial charge in [-0.05, 0) is 43.2 Å². The molecule has 1 saturated heterocycles. The number of piperidine rings is 1. The number of nitrogen functional groups attached to an aromatic ring is 1. The summed E-state index contributed by atoms with van der Waals surface area (Å²) in [6, 6.07) is 9.01. The Morgan fingerprint density at radius 1 is 1.14 bits per heavy atom. The summed E-state index contributed by atoms with van der Waals surface area (Å²) in [5.74, 6) is -1.98. The van der Waals surface area contributed by atoms with Gasteiger partial charge < -0.3 is 10.6 Å². The molecule has 0 bridgehead atoms. The molecule has 2 aromatic heterocycles. The van der Waals surface area contributed by atoms with Crippen molar-refractivity contribution in [3.8, 4) is 11.3 Å². The molecule has 10 heteroatoms. The van der Waals surface area contributed by atoms with Crippen molar-refractivity contribution >= 4 is 28.5 Å². The van der Waals surface area contributed by atoms with Crippen LogP contribution in [-0.4, -0.2) is 49.4 Å². The minimum atomic E-state index is -0.777. The smallest absolute Gasteiger partial charge is 0.246 e. The fraction of sp³-hybridized carbons (Fsp3) is 0.192. The zero-order valence-electron chi connectivity index (χ0n) is 19.2. The highest BCUT2D eigenvalue weighted by atomic mass is 19.1. The lowest BCUT2D eigenvalue weighted by Crippen LogP contribution is -2.40. The highest BCUT2D eigenvalue weighted by Gasteiger charge is 2.28. The molecule has 1 unspecified atom stereocenters. The molecule has 5 rings (SSSR count). The lowest BCUT2D eigenvalue weighted by Gasteiger charge is -2.32. The molecule has 1 fully saturated rings. The van der Waals surface area contributed by atoms with Crippen LogP contribution >= 0.6 is 0 Å². The molecule has 3 heterocycles. The Bertz CT molecular complexity index is 1520. The molecule has 1 aliphatic rings. The van der Waals surface area contributed by atoms with Gasteiger partial charge in [-0.3, -0.25) is 9.59 Å². The second kappa shape index (κ2) is 9.29. The lowest BCUT2D eigenvalue weighted by atomic mass is 10.00. The van der Waals surface area contributed by atoms with Crippen molar-refractivity contribution in [2.75, 3.05) is 18.8 Å². The Morgan fingerprint density at radius 2 is 1.97 bits per heavy atom. The predicted octanol–water partition coefficient (Wildman–Crippen LogP) is 3.93. The van der Waals surface area contributed by atoms with E-state index in [-0.39, 0.29) is 28.9 Å². The standard InChI is InChI=1S/C26H22F2N6O2/c1-2-21(35)33-10-4-7-18(13-33)34-26-22(25(29)30-14-31-26)23(32-34)15-8-9-19(20(28)12-15)24(36)16-5-3-6-17(27)11-16/h2-3,5-6,8-9,11-12,14,18H,1,4,7,10,13H2,(H2,29,30,31). The number of carbonyl (C=O) groups excluding carboxylic acids is 2. The van der Waals surface area contributed by atoms with Gasteiger partial charge >= 0.3 is 0 Å². The molecular weight excluding hydrogens is 466 g/mol. The van der Waals surface area contributed by atoms with Crippen molar-refractivity contribution < 1.29 is 18.4 Å². The van der Waals surface area contributed by atoms with Crippen molar-refractivity contribution in [1.29, 1.82) is 0 Å². The van der Waals surface area contributed by atoms with Crippen LogP contribution in [0.1, 0.15) is 34.8 Å². The molecular formula is C26H22F2N6O2. The number of carbonyl (C=O) groups is 2. The molecule has 2 N–H and O–H groups in total. The Labute approximate surface area is 205 Å². The van der Waals surface area contributed by atoms with Gasteiger partial charge in [0.15, 0.2) is 11.4 Å². The Kier molecular flexibility index (Phi) is 6.01. The van der Waals surface area contributed by atoms with Crippen LogP contribution in [-0.2, 0) is 4.79 Å². The molecule has 1 amide bonds. The normalized spacial score (nSPS) is 15.7. The molecule has 8 nitrogen and oxygen atoms in total. The van der Waals surface area contributed by atoms with Gasteiger partial charge in [-0.15, -0.1) is 0 Å². The number of rotatable bonds is 5. The molecule has 0 saturated carbocycles. The summed E-state index contributed by atoms with van der Waals surface area (Å²) in [5, 5.41) is 5.17. The average molecular weight is 488 g/mol. The van der Waals surface area contributed by atoms with E-state index in [1.807, 2.05) is 0 Å². The molecule has 36 heavy (non-hydrogen) atoms. The van der Waals surface area contributed by atoms with Crippen LogP contribution in [0, 0.1) is 11.6 Å². The number of hydrogen-bond donors (Lipinski definition) is 1. The first-order chi connectivity index (χ1) is 17.4. The first kappa shape index (κ1) is 23.3. The van der Waals surface area contributed by atoms with E-state index in [9.17, 15) is 14.0 Å². The Hall–Kier alpha value is -4.47.